The summed E-state index contributed by atoms with van der Waals surface area (Å²) >= 11 is 0. The molecule has 0 aromatic heterocycles. The lowest BCUT2D eigenvalue weighted by atomic mass is 10.2. The van der Waals surface area contributed by atoms with Crippen molar-refractivity contribution in [1.82, 2.24) is 0 Å². The first kappa shape index (κ1) is 20.0. The van der Waals surface area contributed by atoms with E-state index >= 15 is 0 Å². The molecule has 26 heavy (non-hydrogen) atoms. The number of hydrogen-bond acceptors (Lipinski definition) is 5. The molecule has 0 aliphatic rings. The second kappa shape index (κ2) is 9.38. The second-order valence-electron chi connectivity index (χ2n) is 6.03. The maximum atomic E-state index is 12.6. The van der Waals surface area contributed by atoms with Crippen LogP contribution < -0.4 is 4.74 Å². The van der Waals surface area contributed by atoms with Crippen LogP contribution in [0.3, 0.4) is 0 Å². The minimum absolute atomic E-state index is 0.203. The van der Waals surface area contributed by atoms with Gasteiger partial charge in [-0.2, -0.15) is 0 Å². The lowest BCUT2D eigenvalue weighted by molar-refractivity contribution is -0.140. The minimum atomic E-state index is -3.63. The lowest BCUT2D eigenvalue weighted by Crippen LogP contribution is -2.32. The van der Waals surface area contributed by atoms with Crippen molar-refractivity contribution >= 4 is 15.8 Å². The minimum Gasteiger partial charge on any atom is -0.489 e. The average Bonchev–Trinajstić information content (AvgIpc) is 2.65. The van der Waals surface area contributed by atoms with Gasteiger partial charge in [0, 0.05) is 0 Å². The molecule has 2 rings (SSSR count). The van der Waals surface area contributed by atoms with Crippen LogP contribution in [-0.2, 0) is 31.7 Å². The zero-order valence-corrected chi connectivity index (χ0v) is 15.9. The highest BCUT2D eigenvalue weighted by atomic mass is 32.2. The van der Waals surface area contributed by atoms with Gasteiger partial charge in [0.05, 0.1) is 12.9 Å². The topological polar surface area (TPSA) is 69.7 Å². The zero-order valence-electron chi connectivity index (χ0n) is 15.1. The molecule has 0 amide bonds. The van der Waals surface area contributed by atoms with Gasteiger partial charge >= 0.3 is 5.97 Å². The van der Waals surface area contributed by atoms with Crippen LogP contribution in [0, 0.1) is 0 Å². The highest BCUT2D eigenvalue weighted by molar-refractivity contribution is 7.92. The summed E-state index contributed by atoms with van der Waals surface area (Å²) < 4.78 is 35.4. The Morgan fingerprint density at radius 2 is 1.65 bits per heavy atom. The summed E-state index contributed by atoms with van der Waals surface area (Å²) in [7, 11) is -2.42. The van der Waals surface area contributed by atoms with Crippen molar-refractivity contribution in [1.29, 1.82) is 0 Å². The predicted octanol–water partition coefficient (Wildman–Crippen LogP) is 3.52. The summed E-state index contributed by atoms with van der Waals surface area (Å²) in [6.45, 7) is 2.28. The molecule has 1 atom stereocenters. The molecule has 2 aromatic carbocycles. The number of carbonyl (C=O) groups excluding carboxylic acids is 1. The number of rotatable bonds is 9. The summed E-state index contributed by atoms with van der Waals surface area (Å²) in [5.41, 5.74) is 1.67. The lowest BCUT2D eigenvalue weighted by Gasteiger charge is -2.15. The Bertz CT molecular complexity index is 798. The quantitative estimate of drug-likeness (QED) is 0.626. The zero-order chi connectivity index (χ0) is 19.0. The maximum absolute atomic E-state index is 12.6. The molecule has 0 aliphatic heterocycles. The Kier molecular flexibility index (Phi) is 7.21. The molecule has 2 aromatic rings. The summed E-state index contributed by atoms with van der Waals surface area (Å²) in [6.07, 6.45) is 0.846. The van der Waals surface area contributed by atoms with Crippen LogP contribution in [0.15, 0.2) is 54.6 Å². The van der Waals surface area contributed by atoms with Gasteiger partial charge < -0.3 is 9.47 Å². The van der Waals surface area contributed by atoms with Crippen molar-refractivity contribution in [2.45, 2.75) is 37.4 Å². The van der Waals surface area contributed by atoms with Crippen molar-refractivity contribution in [2.24, 2.45) is 0 Å². The van der Waals surface area contributed by atoms with Crippen LogP contribution in [0.5, 0.6) is 5.75 Å². The first-order valence-electron chi connectivity index (χ1n) is 8.51. The fourth-order valence-electron chi connectivity index (χ4n) is 2.59. The number of benzene rings is 2. The van der Waals surface area contributed by atoms with Gasteiger partial charge in [-0.05, 0) is 29.7 Å². The van der Waals surface area contributed by atoms with E-state index in [1.54, 1.807) is 24.3 Å². The van der Waals surface area contributed by atoms with Crippen LogP contribution in [0.1, 0.15) is 30.9 Å². The molecule has 0 bridgehead atoms. The van der Waals surface area contributed by atoms with Crippen LogP contribution in [-0.4, -0.2) is 26.7 Å². The third-order valence-corrected chi connectivity index (χ3v) is 6.02. The van der Waals surface area contributed by atoms with Crippen LogP contribution in [0.25, 0.3) is 0 Å². The van der Waals surface area contributed by atoms with E-state index in [-0.39, 0.29) is 12.2 Å². The summed E-state index contributed by atoms with van der Waals surface area (Å²) in [5.74, 6) is -0.242. The van der Waals surface area contributed by atoms with Crippen molar-refractivity contribution in [2.75, 3.05) is 7.11 Å². The van der Waals surface area contributed by atoms with Crippen molar-refractivity contribution in [3.05, 3.63) is 65.7 Å². The number of hydrogen-bond donors (Lipinski definition) is 0. The molecule has 0 radical (unpaired) electrons. The molecular weight excluding hydrogens is 352 g/mol. The number of esters is 1. The van der Waals surface area contributed by atoms with Crippen molar-refractivity contribution in [3.8, 4) is 5.75 Å². The molecular formula is C20H24O5S. The van der Waals surface area contributed by atoms with E-state index in [2.05, 4.69) is 4.74 Å². The molecule has 0 saturated heterocycles. The number of ether oxygens (including phenoxy) is 2. The Labute approximate surface area is 154 Å². The van der Waals surface area contributed by atoms with Gasteiger partial charge in [0.25, 0.3) is 0 Å². The first-order chi connectivity index (χ1) is 12.5. The van der Waals surface area contributed by atoms with E-state index in [9.17, 15) is 13.2 Å². The van der Waals surface area contributed by atoms with Crippen molar-refractivity contribution in [3.63, 3.8) is 0 Å². The normalized spacial score (nSPS) is 12.4. The maximum Gasteiger partial charge on any atom is 0.324 e. The SMILES string of the molecule is CCCC(C(=O)OC)S(=O)(=O)Cc1ccc(OCc2ccccc2)cc1. The molecule has 140 valence electrons. The molecule has 0 fully saturated rings. The molecule has 5 nitrogen and oxygen atoms in total. The predicted molar refractivity (Wildman–Crippen MR) is 101 cm³/mol. The fourth-order valence-corrected chi connectivity index (χ4v) is 4.44. The molecule has 0 aliphatic carbocycles. The Hall–Kier alpha value is -2.34. The van der Waals surface area contributed by atoms with Gasteiger partial charge in [-0.15, -0.1) is 0 Å². The van der Waals surface area contributed by atoms with E-state index in [0.717, 1.165) is 5.56 Å². The summed E-state index contributed by atoms with van der Waals surface area (Å²) in [4.78, 5) is 11.8. The molecule has 0 spiro atoms. The standard InChI is InChI=1S/C20H24O5S/c1-3-7-19(20(21)24-2)26(22,23)15-17-10-12-18(13-11-17)25-14-16-8-5-4-6-9-16/h4-6,8-13,19H,3,7,14-15H2,1-2H3. The fraction of sp³-hybridized carbons (Fsp3) is 0.350. The third kappa shape index (κ3) is 5.59. The van der Waals surface area contributed by atoms with Gasteiger partial charge in [0.15, 0.2) is 15.1 Å². The first-order valence-corrected chi connectivity index (χ1v) is 10.2. The second-order valence-corrected chi connectivity index (χ2v) is 8.21. The molecule has 0 heterocycles. The Morgan fingerprint density at radius 3 is 2.23 bits per heavy atom. The highest BCUT2D eigenvalue weighted by Crippen LogP contribution is 2.20. The Balaban J connectivity index is 2.02. The van der Waals surface area contributed by atoms with Crippen LogP contribution >= 0.6 is 0 Å². The molecule has 6 heteroatoms. The third-order valence-electron chi connectivity index (χ3n) is 3.99. The highest BCUT2D eigenvalue weighted by Gasteiger charge is 2.32. The monoisotopic (exact) mass is 376 g/mol. The number of sulfone groups is 1. The largest absolute Gasteiger partial charge is 0.489 e. The molecule has 1 unspecified atom stereocenters. The van der Waals surface area contributed by atoms with E-state index < -0.39 is 21.1 Å². The van der Waals surface area contributed by atoms with E-state index in [1.165, 1.54) is 7.11 Å². The van der Waals surface area contributed by atoms with Gasteiger partial charge in [0.2, 0.25) is 0 Å². The molecule has 0 saturated carbocycles. The average molecular weight is 376 g/mol. The summed E-state index contributed by atoms with van der Waals surface area (Å²) in [5, 5.41) is -1.12. The van der Waals surface area contributed by atoms with E-state index in [1.807, 2.05) is 37.3 Å². The molecule has 0 N–H and O–H groups in total. The summed E-state index contributed by atoms with van der Waals surface area (Å²) in [6, 6.07) is 16.7. The Morgan fingerprint density at radius 1 is 1.00 bits per heavy atom. The smallest absolute Gasteiger partial charge is 0.324 e. The number of methoxy groups -OCH3 is 1. The van der Waals surface area contributed by atoms with Gasteiger partial charge in [0.1, 0.15) is 12.4 Å². The van der Waals surface area contributed by atoms with Crippen LogP contribution in [0.2, 0.25) is 0 Å². The van der Waals surface area contributed by atoms with Gasteiger partial charge in [-0.1, -0.05) is 55.8 Å². The number of carbonyl (C=O) groups is 1. The van der Waals surface area contributed by atoms with E-state index in [4.69, 9.17) is 4.74 Å². The van der Waals surface area contributed by atoms with Gasteiger partial charge in [-0.3, -0.25) is 4.79 Å². The van der Waals surface area contributed by atoms with Gasteiger partial charge in [-0.25, -0.2) is 8.42 Å². The van der Waals surface area contributed by atoms with Crippen molar-refractivity contribution < 1.29 is 22.7 Å². The van der Waals surface area contributed by atoms with Crippen LogP contribution in [0.4, 0.5) is 0 Å². The van der Waals surface area contributed by atoms with E-state index in [0.29, 0.717) is 24.3 Å².